The number of nitrogens with zero attached hydrogens (tertiary/aromatic N) is 1. The molecule has 4 heteroatoms. The van der Waals surface area contributed by atoms with Crippen LogP contribution in [-0.4, -0.2) is 11.0 Å². The van der Waals surface area contributed by atoms with Crippen LogP contribution >= 0.6 is 0 Å². The van der Waals surface area contributed by atoms with E-state index in [1.54, 1.807) is 18.2 Å². The number of hydrogen-bond acceptors (Lipinski definition) is 3. The van der Waals surface area contributed by atoms with Crippen LogP contribution < -0.4 is 4.74 Å². The summed E-state index contributed by atoms with van der Waals surface area (Å²) in [5.41, 5.74) is 0.0397. The Labute approximate surface area is 108 Å². The van der Waals surface area contributed by atoms with E-state index in [2.05, 4.69) is 6.92 Å². The number of ether oxygens (including phenoxy) is 1. The molecule has 0 aromatic heterocycles. The van der Waals surface area contributed by atoms with Gasteiger partial charge in [0.05, 0.1) is 11.0 Å². The van der Waals surface area contributed by atoms with Crippen LogP contribution in [0.2, 0.25) is 0 Å². The molecule has 18 heavy (non-hydrogen) atoms. The zero-order chi connectivity index (χ0) is 13.4. The summed E-state index contributed by atoms with van der Waals surface area (Å²) in [6, 6.07) is 6.53. The Bertz CT molecular complexity index is 379. The van der Waals surface area contributed by atoms with E-state index in [1.807, 2.05) is 6.92 Å². The van der Waals surface area contributed by atoms with Crippen molar-refractivity contribution in [2.45, 2.75) is 52.1 Å². The molecule has 0 aliphatic heterocycles. The molecule has 1 aromatic rings. The number of para-hydroxylation sites is 2. The van der Waals surface area contributed by atoms with E-state index in [9.17, 15) is 10.1 Å². The quantitative estimate of drug-likeness (QED) is 0.392. The lowest BCUT2D eigenvalue weighted by Gasteiger charge is -2.14. The van der Waals surface area contributed by atoms with Crippen molar-refractivity contribution in [2.75, 3.05) is 0 Å². The Hall–Kier alpha value is -1.58. The lowest BCUT2D eigenvalue weighted by molar-refractivity contribution is -0.386. The third-order valence-corrected chi connectivity index (χ3v) is 2.85. The molecule has 0 aliphatic rings. The van der Waals surface area contributed by atoms with Crippen LogP contribution in [0.1, 0.15) is 46.0 Å². The molecule has 1 aromatic carbocycles. The van der Waals surface area contributed by atoms with Crippen molar-refractivity contribution in [1.29, 1.82) is 0 Å². The van der Waals surface area contributed by atoms with Gasteiger partial charge in [-0.3, -0.25) is 10.1 Å². The first-order valence-electron chi connectivity index (χ1n) is 6.55. The van der Waals surface area contributed by atoms with Crippen molar-refractivity contribution in [3.63, 3.8) is 0 Å². The monoisotopic (exact) mass is 251 g/mol. The first-order chi connectivity index (χ1) is 8.65. The van der Waals surface area contributed by atoms with Crippen molar-refractivity contribution in [3.8, 4) is 5.75 Å². The van der Waals surface area contributed by atoms with Gasteiger partial charge in [0.2, 0.25) is 0 Å². The highest BCUT2D eigenvalue weighted by atomic mass is 16.6. The molecule has 0 spiro atoms. The van der Waals surface area contributed by atoms with E-state index >= 15 is 0 Å². The zero-order valence-electron chi connectivity index (χ0n) is 11.1. The smallest absolute Gasteiger partial charge is 0.310 e. The van der Waals surface area contributed by atoms with Gasteiger partial charge in [0.15, 0.2) is 5.75 Å². The lowest BCUT2D eigenvalue weighted by atomic mass is 10.1. The fourth-order valence-electron chi connectivity index (χ4n) is 1.84. The standard InChI is InChI=1S/C14H21NO3/c1-3-4-5-6-9-12(2)18-14-11-8-7-10-13(14)15(16)17/h7-8,10-12H,3-6,9H2,1-2H3. The zero-order valence-corrected chi connectivity index (χ0v) is 11.1. The van der Waals surface area contributed by atoms with Crippen molar-refractivity contribution < 1.29 is 9.66 Å². The lowest BCUT2D eigenvalue weighted by Crippen LogP contribution is -2.12. The summed E-state index contributed by atoms with van der Waals surface area (Å²) in [4.78, 5) is 10.4. The molecule has 1 atom stereocenters. The van der Waals surface area contributed by atoms with E-state index in [1.165, 1.54) is 25.3 Å². The van der Waals surface area contributed by atoms with Crippen LogP contribution in [0.3, 0.4) is 0 Å². The van der Waals surface area contributed by atoms with Gasteiger partial charge in [0, 0.05) is 6.07 Å². The summed E-state index contributed by atoms with van der Waals surface area (Å²) >= 11 is 0. The number of nitro benzene ring substituents is 1. The van der Waals surface area contributed by atoms with Crippen molar-refractivity contribution in [2.24, 2.45) is 0 Å². The maximum atomic E-state index is 10.8. The van der Waals surface area contributed by atoms with Gasteiger partial charge in [0.1, 0.15) is 0 Å². The van der Waals surface area contributed by atoms with Crippen LogP contribution in [0.15, 0.2) is 24.3 Å². The topological polar surface area (TPSA) is 52.4 Å². The Morgan fingerprint density at radius 3 is 2.67 bits per heavy atom. The number of rotatable bonds is 8. The van der Waals surface area contributed by atoms with Gasteiger partial charge in [-0.15, -0.1) is 0 Å². The second-order valence-corrected chi connectivity index (χ2v) is 4.50. The molecule has 0 saturated carbocycles. The summed E-state index contributed by atoms with van der Waals surface area (Å²) in [6.45, 7) is 4.13. The molecule has 0 heterocycles. The van der Waals surface area contributed by atoms with Crippen molar-refractivity contribution in [1.82, 2.24) is 0 Å². The molecule has 0 amide bonds. The minimum Gasteiger partial charge on any atom is -0.484 e. The van der Waals surface area contributed by atoms with Gasteiger partial charge in [-0.25, -0.2) is 0 Å². The number of benzene rings is 1. The highest BCUT2D eigenvalue weighted by molar-refractivity contribution is 5.45. The van der Waals surface area contributed by atoms with E-state index in [4.69, 9.17) is 4.74 Å². The molecule has 0 radical (unpaired) electrons. The molecular formula is C14H21NO3. The molecule has 100 valence electrons. The van der Waals surface area contributed by atoms with E-state index in [0.717, 1.165) is 12.8 Å². The molecule has 4 nitrogen and oxygen atoms in total. The van der Waals surface area contributed by atoms with Crippen LogP contribution in [0.25, 0.3) is 0 Å². The normalized spacial score (nSPS) is 12.1. The second kappa shape index (κ2) is 7.69. The Balaban J connectivity index is 2.48. The van der Waals surface area contributed by atoms with Crippen LogP contribution in [0.5, 0.6) is 5.75 Å². The van der Waals surface area contributed by atoms with Crippen molar-refractivity contribution in [3.05, 3.63) is 34.4 Å². The first kappa shape index (κ1) is 14.5. The van der Waals surface area contributed by atoms with Crippen LogP contribution in [-0.2, 0) is 0 Å². The Morgan fingerprint density at radius 1 is 1.28 bits per heavy atom. The highest BCUT2D eigenvalue weighted by Gasteiger charge is 2.15. The van der Waals surface area contributed by atoms with Gasteiger partial charge in [-0.1, -0.05) is 38.3 Å². The summed E-state index contributed by atoms with van der Waals surface area (Å²) < 4.78 is 5.65. The number of nitro groups is 1. The third kappa shape index (κ3) is 4.73. The van der Waals surface area contributed by atoms with Gasteiger partial charge in [-0.2, -0.15) is 0 Å². The molecule has 0 N–H and O–H groups in total. The molecule has 0 fully saturated rings. The average Bonchev–Trinajstić information content (AvgIpc) is 2.35. The SMILES string of the molecule is CCCCCCC(C)Oc1ccccc1[N+](=O)[O-]. The van der Waals surface area contributed by atoms with Gasteiger partial charge < -0.3 is 4.74 Å². The van der Waals surface area contributed by atoms with Crippen LogP contribution in [0.4, 0.5) is 5.69 Å². The fourth-order valence-corrected chi connectivity index (χ4v) is 1.84. The molecule has 1 rings (SSSR count). The van der Waals surface area contributed by atoms with Crippen LogP contribution in [0, 0.1) is 10.1 Å². The third-order valence-electron chi connectivity index (χ3n) is 2.85. The van der Waals surface area contributed by atoms with E-state index in [0.29, 0.717) is 5.75 Å². The van der Waals surface area contributed by atoms with E-state index in [-0.39, 0.29) is 11.8 Å². The largest absolute Gasteiger partial charge is 0.484 e. The fraction of sp³-hybridized carbons (Fsp3) is 0.571. The average molecular weight is 251 g/mol. The maximum Gasteiger partial charge on any atom is 0.310 e. The van der Waals surface area contributed by atoms with Crippen molar-refractivity contribution >= 4 is 5.69 Å². The number of hydrogen-bond donors (Lipinski definition) is 0. The minimum absolute atomic E-state index is 0.0166. The molecule has 0 bridgehead atoms. The molecule has 0 saturated heterocycles. The number of unbranched alkanes of at least 4 members (excludes halogenated alkanes) is 3. The molecular weight excluding hydrogens is 230 g/mol. The predicted octanol–water partition coefficient (Wildman–Crippen LogP) is 4.33. The first-order valence-corrected chi connectivity index (χ1v) is 6.55. The molecule has 0 aliphatic carbocycles. The Kier molecular flexibility index (Phi) is 6.19. The summed E-state index contributed by atoms with van der Waals surface area (Å²) in [5, 5.41) is 10.8. The Morgan fingerprint density at radius 2 is 2.00 bits per heavy atom. The van der Waals surface area contributed by atoms with Gasteiger partial charge in [-0.05, 0) is 25.8 Å². The second-order valence-electron chi connectivity index (χ2n) is 4.50. The van der Waals surface area contributed by atoms with E-state index < -0.39 is 4.92 Å². The summed E-state index contributed by atoms with van der Waals surface area (Å²) in [6.07, 6.45) is 5.70. The maximum absolute atomic E-state index is 10.8. The predicted molar refractivity (Wildman–Crippen MR) is 71.9 cm³/mol. The van der Waals surface area contributed by atoms with Gasteiger partial charge in [0.25, 0.3) is 0 Å². The van der Waals surface area contributed by atoms with Gasteiger partial charge >= 0.3 is 5.69 Å². The highest BCUT2D eigenvalue weighted by Crippen LogP contribution is 2.27. The summed E-state index contributed by atoms with van der Waals surface area (Å²) in [7, 11) is 0. The molecule has 1 unspecified atom stereocenters. The minimum atomic E-state index is -0.404. The summed E-state index contributed by atoms with van der Waals surface area (Å²) in [5.74, 6) is 0.366.